The molecule has 1 amide bonds. The predicted molar refractivity (Wildman–Crippen MR) is 79.1 cm³/mol. The third-order valence-electron chi connectivity index (χ3n) is 3.52. The fraction of sp³-hybridized carbons (Fsp3) is 0.357. The molecule has 0 radical (unpaired) electrons. The molecule has 0 spiro atoms. The first-order chi connectivity index (χ1) is 10.5. The largest absolute Gasteiger partial charge is 0.343 e. The average Bonchev–Trinajstić information content (AvgIpc) is 2.93. The third-order valence-corrected chi connectivity index (χ3v) is 4.38. The lowest BCUT2D eigenvalue weighted by Crippen LogP contribution is -2.49. The molecular formula is C14H14F2N4OS. The minimum Gasteiger partial charge on any atom is -0.343 e. The zero-order valence-electron chi connectivity index (χ0n) is 11.9. The molecular weight excluding hydrogens is 310 g/mol. The van der Waals surface area contributed by atoms with Crippen LogP contribution in [0.3, 0.4) is 0 Å². The smallest absolute Gasteiger partial charge is 0.256 e. The maximum absolute atomic E-state index is 13.7. The Labute approximate surface area is 130 Å². The average molecular weight is 324 g/mol. The third kappa shape index (κ3) is 2.92. The van der Waals surface area contributed by atoms with Gasteiger partial charge in [-0.1, -0.05) is 0 Å². The Morgan fingerprint density at radius 1 is 1.23 bits per heavy atom. The molecule has 0 N–H and O–H groups in total. The van der Waals surface area contributed by atoms with Gasteiger partial charge in [-0.2, -0.15) is 4.37 Å². The van der Waals surface area contributed by atoms with Gasteiger partial charge in [0.25, 0.3) is 5.91 Å². The van der Waals surface area contributed by atoms with E-state index in [2.05, 4.69) is 14.3 Å². The van der Waals surface area contributed by atoms with Gasteiger partial charge < -0.3 is 9.80 Å². The summed E-state index contributed by atoms with van der Waals surface area (Å²) in [6.45, 7) is 3.99. The zero-order chi connectivity index (χ0) is 15.7. The normalized spacial score (nSPS) is 15.2. The van der Waals surface area contributed by atoms with Crippen molar-refractivity contribution >= 4 is 22.6 Å². The van der Waals surface area contributed by atoms with Crippen LogP contribution in [0, 0.1) is 18.6 Å². The number of benzene rings is 1. The van der Waals surface area contributed by atoms with Crippen LogP contribution in [0.5, 0.6) is 0 Å². The molecule has 0 unspecified atom stereocenters. The first-order valence-electron chi connectivity index (χ1n) is 6.84. The Balaban J connectivity index is 1.67. The van der Waals surface area contributed by atoms with Crippen molar-refractivity contribution in [1.29, 1.82) is 0 Å². The van der Waals surface area contributed by atoms with Crippen LogP contribution in [0.4, 0.5) is 13.9 Å². The van der Waals surface area contributed by atoms with Crippen LogP contribution >= 0.6 is 11.5 Å². The number of hydrogen-bond donors (Lipinski definition) is 0. The SMILES string of the molecule is Cc1nsc(N2CCN(C(=O)c3ccc(F)cc3F)CC2)n1. The van der Waals surface area contributed by atoms with Gasteiger partial charge >= 0.3 is 0 Å². The first kappa shape index (κ1) is 14.8. The van der Waals surface area contributed by atoms with Gasteiger partial charge in [-0.25, -0.2) is 13.8 Å². The van der Waals surface area contributed by atoms with Gasteiger partial charge in [0.15, 0.2) is 0 Å². The van der Waals surface area contributed by atoms with Crippen LogP contribution in [0.25, 0.3) is 0 Å². The van der Waals surface area contributed by atoms with Crippen LogP contribution in [0.15, 0.2) is 18.2 Å². The summed E-state index contributed by atoms with van der Waals surface area (Å²) in [4.78, 5) is 20.2. The molecule has 22 heavy (non-hydrogen) atoms. The number of amides is 1. The highest BCUT2D eigenvalue weighted by atomic mass is 32.1. The molecule has 8 heteroatoms. The van der Waals surface area contributed by atoms with Crippen molar-refractivity contribution in [3.8, 4) is 0 Å². The number of anilines is 1. The fourth-order valence-corrected chi connectivity index (χ4v) is 3.07. The Morgan fingerprint density at radius 3 is 2.55 bits per heavy atom. The minimum absolute atomic E-state index is 0.0957. The summed E-state index contributed by atoms with van der Waals surface area (Å²) in [6, 6.07) is 3.01. The highest BCUT2D eigenvalue weighted by Crippen LogP contribution is 2.20. The van der Waals surface area contributed by atoms with Crippen molar-refractivity contribution in [2.75, 3.05) is 31.1 Å². The van der Waals surface area contributed by atoms with Crippen LogP contribution in [-0.4, -0.2) is 46.3 Å². The molecule has 1 saturated heterocycles. The summed E-state index contributed by atoms with van der Waals surface area (Å²) >= 11 is 1.33. The number of aryl methyl sites for hydroxylation is 1. The van der Waals surface area contributed by atoms with E-state index >= 15 is 0 Å². The number of carbonyl (C=O) groups excluding carboxylic acids is 1. The minimum atomic E-state index is -0.827. The molecule has 1 aromatic carbocycles. The Hall–Kier alpha value is -2.09. The number of hydrogen-bond acceptors (Lipinski definition) is 5. The number of aromatic nitrogens is 2. The van der Waals surface area contributed by atoms with E-state index in [0.29, 0.717) is 26.2 Å². The summed E-state index contributed by atoms with van der Waals surface area (Å²) in [6.07, 6.45) is 0. The maximum Gasteiger partial charge on any atom is 0.256 e. The topological polar surface area (TPSA) is 49.3 Å². The van der Waals surface area contributed by atoms with E-state index in [-0.39, 0.29) is 5.56 Å². The Bertz CT molecular complexity index is 698. The molecule has 0 aliphatic carbocycles. The molecule has 2 aromatic rings. The second kappa shape index (κ2) is 5.96. The van der Waals surface area contributed by atoms with Crippen LogP contribution < -0.4 is 4.90 Å². The molecule has 3 rings (SSSR count). The van der Waals surface area contributed by atoms with Crippen molar-refractivity contribution in [2.45, 2.75) is 6.92 Å². The predicted octanol–water partition coefficient (Wildman–Crippen LogP) is 2.09. The quantitative estimate of drug-likeness (QED) is 0.849. The fourth-order valence-electron chi connectivity index (χ4n) is 2.35. The van der Waals surface area contributed by atoms with Crippen LogP contribution in [-0.2, 0) is 0 Å². The summed E-state index contributed by atoms with van der Waals surface area (Å²) in [5.41, 5.74) is -0.0957. The second-order valence-electron chi connectivity index (χ2n) is 5.03. The summed E-state index contributed by atoms with van der Waals surface area (Å²) < 4.78 is 30.7. The molecule has 1 aromatic heterocycles. The van der Waals surface area contributed by atoms with Gasteiger partial charge in [0.2, 0.25) is 5.13 Å². The van der Waals surface area contributed by atoms with E-state index in [1.807, 2.05) is 6.92 Å². The van der Waals surface area contributed by atoms with Gasteiger partial charge in [-0.3, -0.25) is 4.79 Å². The number of carbonyl (C=O) groups is 1. The molecule has 5 nitrogen and oxygen atoms in total. The van der Waals surface area contributed by atoms with Crippen molar-refractivity contribution in [2.24, 2.45) is 0 Å². The van der Waals surface area contributed by atoms with E-state index < -0.39 is 17.5 Å². The Kier molecular flexibility index (Phi) is 4.02. The highest BCUT2D eigenvalue weighted by molar-refractivity contribution is 7.09. The van der Waals surface area contributed by atoms with Crippen LogP contribution in [0.1, 0.15) is 16.2 Å². The second-order valence-corrected chi connectivity index (χ2v) is 5.76. The van der Waals surface area contributed by atoms with E-state index in [9.17, 15) is 13.6 Å². The number of piperazine rings is 1. The van der Waals surface area contributed by atoms with Crippen molar-refractivity contribution in [3.05, 3.63) is 41.2 Å². The van der Waals surface area contributed by atoms with Gasteiger partial charge in [0.1, 0.15) is 17.5 Å². The molecule has 116 valence electrons. The zero-order valence-corrected chi connectivity index (χ0v) is 12.7. The molecule has 0 atom stereocenters. The van der Waals surface area contributed by atoms with Crippen molar-refractivity contribution in [3.63, 3.8) is 0 Å². The van der Waals surface area contributed by atoms with Crippen LogP contribution in [0.2, 0.25) is 0 Å². The monoisotopic (exact) mass is 324 g/mol. The van der Waals surface area contributed by atoms with Gasteiger partial charge in [0.05, 0.1) is 5.56 Å². The molecule has 1 aliphatic heterocycles. The first-order valence-corrected chi connectivity index (χ1v) is 7.61. The summed E-state index contributed by atoms with van der Waals surface area (Å²) in [5, 5.41) is 0.831. The van der Waals surface area contributed by atoms with E-state index in [1.165, 1.54) is 17.6 Å². The van der Waals surface area contributed by atoms with E-state index in [0.717, 1.165) is 23.1 Å². The van der Waals surface area contributed by atoms with Crippen molar-refractivity contribution in [1.82, 2.24) is 14.3 Å². The molecule has 1 fully saturated rings. The number of nitrogens with zero attached hydrogens (tertiary/aromatic N) is 4. The Morgan fingerprint density at radius 2 is 1.95 bits per heavy atom. The van der Waals surface area contributed by atoms with Gasteiger partial charge in [0, 0.05) is 43.8 Å². The molecule has 1 aliphatic rings. The molecule has 0 saturated carbocycles. The lowest BCUT2D eigenvalue weighted by molar-refractivity contribution is 0.0742. The molecule has 0 bridgehead atoms. The van der Waals surface area contributed by atoms with Crippen molar-refractivity contribution < 1.29 is 13.6 Å². The van der Waals surface area contributed by atoms with Gasteiger partial charge in [-0.05, 0) is 19.1 Å². The number of rotatable bonds is 2. The lowest BCUT2D eigenvalue weighted by atomic mass is 10.1. The highest BCUT2D eigenvalue weighted by Gasteiger charge is 2.25. The molecule has 2 heterocycles. The lowest BCUT2D eigenvalue weighted by Gasteiger charge is -2.34. The maximum atomic E-state index is 13.7. The van der Waals surface area contributed by atoms with E-state index in [1.54, 1.807) is 4.90 Å². The number of halogens is 2. The summed E-state index contributed by atoms with van der Waals surface area (Å²) in [5.74, 6) is -1.20. The standard InChI is InChI=1S/C14H14F2N4OS/c1-9-17-14(22-18-9)20-6-4-19(5-7-20)13(21)11-3-2-10(15)8-12(11)16/h2-3,8H,4-7H2,1H3. The van der Waals surface area contributed by atoms with E-state index in [4.69, 9.17) is 0 Å². The van der Waals surface area contributed by atoms with Gasteiger partial charge in [-0.15, -0.1) is 0 Å². The summed E-state index contributed by atoms with van der Waals surface area (Å²) in [7, 11) is 0.